The normalized spacial score (nSPS) is 19.6. The number of aromatic nitrogens is 6. The molecule has 3 aliphatic rings. The van der Waals surface area contributed by atoms with Gasteiger partial charge in [0.05, 0.1) is 33.6 Å². The fraction of sp³-hybridized carbons (Fsp3) is 0.375. The average molecular weight is 881 g/mol. The quantitative estimate of drug-likeness (QED) is 0.148. The fourth-order valence-corrected chi connectivity index (χ4v) is 6.82. The summed E-state index contributed by atoms with van der Waals surface area (Å²) in [6.07, 6.45) is 0. The van der Waals surface area contributed by atoms with Crippen LogP contribution in [0.25, 0.3) is 45.6 Å². The molecule has 64 heavy (non-hydrogen) atoms. The van der Waals surface area contributed by atoms with E-state index in [0.29, 0.717) is 29.0 Å². The Morgan fingerprint density at radius 3 is 0.828 bits per heavy atom. The van der Waals surface area contributed by atoms with Crippen molar-refractivity contribution in [1.29, 1.82) is 0 Å². The van der Waals surface area contributed by atoms with E-state index in [1.807, 2.05) is 204 Å². The summed E-state index contributed by atoms with van der Waals surface area (Å²) >= 11 is 5.99. The molecule has 3 fully saturated rings. The maximum absolute atomic E-state index is 6.16. The van der Waals surface area contributed by atoms with Gasteiger partial charge in [-0.1, -0.05) is 121 Å². The van der Waals surface area contributed by atoms with Gasteiger partial charge in [0.2, 0.25) is 5.28 Å². The zero-order valence-corrected chi connectivity index (χ0v) is 39.5. The molecule has 4 aromatic carbocycles. The number of hydrogen-bond donors (Lipinski definition) is 0. The third-order valence-corrected chi connectivity index (χ3v) is 12.8. The van der Waals surface area contributed by atoms with E-state index in [9.17, 15) is 0 Å². The van der Waals surface area contributed by atoms with Crippen LogP contribution in [0.2, 0.25) is 5.28 Å². The summed E-state index contributed by atoms with van der Waals surface area (Å²) < 4.78 is 36.2. The second kappa shape index (κ2) is 18.2. The molecular weight excluding hydrogens is 824 g/mol. The highest BCUT2D eigenvalue weighted by Crippen LogP contribution is 2.43. The lowest BCUT2D eigenvalue weighted by atomic mass is 9.49. The lowest BCUT2D eigenvalue weighted by Gasteiger charge is -2.32. The minimum absolute atomic E-state index is 0.202. The second-order valence-corrected chi connectivity index (χ2v) is 19.2. The van der Waals surface area contributed by atoms with Crippen molar-refractivity contribution in [3.05, 3.63) is 127 Å². The highest BCUT2D eigenvalue weighted by Gasteiger charge is 2.63. The number of rotatable bonds is 6. The van der Waals surface area contributed by atoms with Crippen LogP contribution in [0.5, 0.6) is 0 Å². The zero-order valence-electron chi connectivity index (χ0n) is 38.8. The molecule has 9 rings (SSSR count). The number of benzene rings is 4. The molecule has 0 radical (unpaired) electrons. The molecule has 0 aliphatic carbocycles. The van der Waals surface area contributed by atoms with Crippen molar-refractivity contribution in [1.82, 2.24) is 29.9 Å². The van der Waals surface area contributed by atoms with Crippen molar-refractivity contribution in [3.8, 4) is 45.6 Å². The Morgan fingerprint density at radius 1 is 0.328 bits per heavy atom. The van der Waals surface area contributed by atoms with Gasteiger partial charge in [-0.25, -0.2) is 19.9 Å². The summed E-state index contributed by atoms with van der Waals surface area (Å²) in [6.45, 7) is 24.3. The molecule has 0 N–H and O–H groups in total. The van der Waals surface area contributed by atoms with Crippen LogP contribution in [-0.4, -0.2) is 84.6 Å². The van der Waals surface area contributed by atoms with Crippen molar-refractivity contribution in [2.24, 2.45) is 0 Å². The smallest absolute Gasteiger partial charge is 0.405 e. The van der Waals surface area contributed by atoms with Gasteiger partial charge in [0.1, 0.15) is 0 Å². The lowest BCUT2D eigenvalue weighted by molar-refractivity contribution is 0.00578. The lowest BCUT2D eigenvalue weighted by Crippen LogP contribution is -2.41. The second-order valence-electron chi connectivity index (χ2n) is 18.9. The molecule has 5 heterocycles. The summed E-state index contributed by atoms with van der Waals surface area (Å²) in [5, 5.41) is 0.202. The van der Waals surface area contributed by atoms with Crippen LogP contribution in [0.4, 0.5) is 0 Å². The summed E-state index contributed by atoms with van der Waals surface area (Å²) in [5.41, 5.74) is 1.83. The first-order valence-corrected chi connectivity index (χ1v) is 21.9. The van der Waals surface area contributed by atoms with E-state index in [0.717, 1.165) is 22.3 Å². The minimum Gasteiger partial charge on any atom is -0.405 e. The van der Waals surface area contributed by atoms with Gasteiger partial charge in [0, 0.05) is 22.3 Å². The van der Waals surface area contributed by atoms with Crippen LogP contribution >= 0.6 is 11.6 Å². The van der Waals surface area contributed by atoms with Gasteiger partial charge in [0.15, 0.2) is 29.0 Å². The maximum atomic E-state index is 6.16. The van der Waals surface area contributed by atoms with Gasteiger partial charge in [-0.2, -0.15) is 9.97 Å². The van der Waals surface area contributed by atoms with Crippen molar-refractivity contribution >= 4 is 38.5 Å². The molecule has 3 saturated heterocycles. The average Bonchev–Trinajstić information content (AvgIpc) is 3.74. The largest absolute Gasteiger partial charge is 0.534 e. The molecule has 3 aliphatic heterocycles. The molecule has 0 amide bonds. The molecule has 0 unspecified atom stereocenters. The predicted molar refractivity (Wildman–Crippen MR) is 254 cm³/mol. The van der Waals surface area contributed by atoms with Gasteiger partial charge in [-0.3, -0.25) is 0 Å². The molecule has 0 saturated carbocycles. The Labute approximate surface area is 383 Å². The molecule has 16 heteroatoms. The van der Waals surface area contributed by atoms with E-state index >= 15 is 0 Å². The van der Waals surface area contributed by atoms with Crippen LogP contribution in [0.3, 0.4) is 0 Å². The van der Waals surface area contributed by atoms with Gasteiger partial charge in [-0.05, 0) is 94.7 Å². The SMILES string of the molecule is CC1(C)OB(B2OC(C)(C)C(C)(C)O2)OC1(C)C.CC1(C)OB(c2nc(-c3ccccc3)nc(-c3ccccc3)n2)OC1(C)C.Clc1nc(-c2ccccc2)nc(-c2ccccc2)n1. The highest BCUT2D eigenvalue weighted by atomic mass is 35.5. The molecule has 2 aromatic heterocycles. The Kier molecular flexibility index (Phi) is 13.4. The molecule has 6 aromatic rings. The van der Waals surface area contributed by atoms with E-state index in [-0.39, 0.29) is 27.7 Å². The van der Waals surface area contributed by atoms with E-state index in [1.165, 1.54) is 0 Å². The van der Waals surface area contributed by atoms with E-state index < -0.39 is 32.3 Å². The van der Waals surface area contributed by atoms with Crippen LogP contribution in [0.1, 0.15) is 83.1 Å². The Balaban J connectivity index is 0.000000148. The monoisotopic (exact) mass is 880 g/mol. The Hall–Kier alpha value is -4.86. The maximum Gasteiger partial charge on any atom is 0.534 e. The number of hydrogen-bond acceptors (Lipinski definition) is 12. The first kappa shape index (κ1) is 47.1. The van der Waals surface area contributed by atoms with E-state index in [2.05, 4.69) is 29.9 Å². The van der Waals surface area contributed by atoms with Crippen LogP contribution in [0.15, 0.2) is 121 Å². The molecule has 12 nitrogen and oxygen atoms in total. The van der Waals surface area contributed by atoms with Crippen molar-refractivity contribution < 1.29 is 27.9 Å². The summed E-state index contributed by atoms with van der Waals surface area (Å²) in [5.74, 6) is 2.38. The van der Waals surface area contributed by atoms with Crippen molar-refractivity contribution in [3.63, 3.8) is 0 Å². The van der Waals surface area contributed by atoms with Gasteiger partial charge in [0.25, 0.3) is 0 Å². The Morgan fingerprint density at radius 2 is 0.562 bits per heavy atom. The molecule has 0 atom stereocenters. The summed E-state index contributed by atoms with van der Waals surface area (Å²) in [4.78, 5) is 26.8. The van der Waals surface area contributed by atoms with E-state index in [4.69, 9.17) is 39.5 Å². The topological polar surface area (TPSA) is 133 Å². The predicted octanol–water partition coefficient (Wildman–Crippen LogP) is 9.61. The fourth-order valence-electron chi connectivity index (χ4n) is 6.66. The molecule has 330 valence electrons. The van der Waals surface area contributed by atoms with Crippen molar-refractivity contribution in [2.75, 3.05) is 0 Å². The third kappa shape index (κ3) is 10.3. The van der Waals surface area contributed by atoms with Crippen LogP contribution in [-0.2, 0) is 27.9 Å². The minimum atomic E-state index is -0.636. The summed E-state index contributed by atoms with van der Waals surface area (Å²) in [6, 6.07) is 39.2. The standard InChI is InChI=1S/C21H22BN3O2.C15H10ClN3.C12H24B2O4/c1-20(2)21(3,4)27-22(26-20)19-24-17(15-11-7-5-8-12-15)23-18(25-19)16-13-9-6-10-14-16;16-15-18-13(11-7-3-1-4-8-11)17-14(19-15)12-9-5-2-6-10-12;1-9(2)10(3,4)16-13(15-9)14-17-11(5,6)12(7,8)18-14/h5-14H,1-4H3;1-10H;1-8H3. The number of nitrogens with zero attached hydrogens (tertiary/aromatic N) is 6. The van der Waals surface area contributed by atoms with Crippen LogP contribution < -0.4 is 5.72 Å². The molecule has 0 bridgehead atoms. The number of halogens is 1. The van der Waals surface area contributed by atoms with Gasteiger partial charge >= 0.3 is 21.1 Å². The van der Waals surface area contributed by atoms with Gasteiger partial charge in [-0.15, -0.1) is 0 Å². The Bertz CT molecular complexity index is 2330. The first-order valence-electron chi connectivity index (χ1n) is 21.5. The summed E-state index contributed by atoms with van der Waals surface area (Å²) in [7, 11) is -1.59. The van der Waals surface area contributed by atoms with Gasteiger partial charge < -0.3 is 27.9 Å². The van der Waals surface area contributed by atoms with E-state index in [1.54, 1.807) is 0 Å². The van der Waals surface area contributed by atoms with Crippen molar-refractivity contribution in [2.45, 2.75) is 117 Å². The third-order valence-electron chi connectivity index (χ3n) is 12.6. The first-order chi connectivity index (χ1) is 30.1. The molecule has 0 spiro atoms. The highest BCUT2D eigenvalue weighted by molar-refractivity contribution is 7.11. The zero-order chi connectivity index (χ0) is 46.1. The van der Waals surface area contributed by atoms with Crippen LogP contribution in [0, 0.1) is 0 Å². The molecular formula is C48H56B3ClN6O6.